The average molecular weight is 199 g/mol. The minimum Gasteiger partial charge on any atom is -0.461 e. The molecule has 0 aliphatic heterocycles. The predicted molar refractivity (Wildman–Crippen MR) is 50.6 cm³/mol. The molecule has 78 valence electrons. The molecule has 0 aliphatic rings. The third kappa shape index (κ3) is 3.40. The standard InChI is InChI=1S/C7H13N5O2/c1-2-13-3-4-14-7-11-5(8)10-6(9)12-7/h2-4H2,1H3,(H4,8,9,10,11,12). The van der Waals surface area contributed by atoms with E-state index in [9.17, 15) is 0 Å². The van der Waals surface area contributed by atoms with Crippen molar-refractivity contribution in [1.29, 1.82) is 0 Å². The molecule has 0 radical (unpaired) electrons. The Labute approximate surface area is 81.5 Å². The molecule has 0 saturated heterocycles. The lowest BCUT2D eigenvalue weighted by Gasteiger charge is -2.04. The normalized spacial score (nSPS) is 10.1. The summed E-state index contributed by atoms with van der Waals surface area (Å²) < 4.78 is 10.2. The van der Waals surface area contributed by atoms with Gasteiger partial charge in [0.25, 0.3) is 0 Å². The highest BCUT2D eigenvalue weighted by Crippen LogP contribution is 2.05. The molecule has 0 unspecified atom stereocenters. The van der Waals surface area contributed by atoms with Gasteiger partial charge in [-0.25, -0.2) is 0 Å². The highest BCUT2D eigenvalue weighted by Gasteiger charge is 2.01. The van der Waals surface area contributed by atoms with Gasteiger partial charge in [-0.3, -0.25) is 0 Å². The van der Waals surface area contributed by atoms with E-state index in [1.54, 1.807) is 0 Å². The first-order valence-electron chi connectivity index (χ1n) is 4.20. The monoisotopic (exact) mass is 199 g/mol. The van der Waals surface area contributed by atoms with E-state index in [4.69, 9.17) is 20.9 Å². The van der Waals surface area contributed by atoms with Gasteiger partial charge in [0.15, 0.2) is 0 Å². The minimum atomic E-state index is 0.0453. The highest BCUT2D eigenvalue weighted by molar-refractivity contribution is 5.27. The number of ether oxygens (including phenoxy) is 2. The molecule has 0 fully saturated rings. The van der Waals surface area contributed by atoms with Gasteiger partial charge in [-0.15, -0.1) is 0 Å². The molecule has 4 N–H and O–H groups in total. The second-order valence-corrected chi connectivity index (χ2v) is 2.38. The molecule has 1 aromatic heterocycles. The van der Waals surface area contributed by atoms with Crippen LogP contribution in [0.25, 0.3) is 0 Å². The van der Waals surface area contributed by atoms with Gasteiger partial charge in [-0.1, -0.05) is 0 Å². The van der Waals surface area contributed by atoms with Crippen molar-refractivity contribution in [2.24, 2.45) is 0 Å². The fourth-order valence-corrected chi connectivity index (χ4v) is 0.789. The summed E-state index contributed by atoms with van der Waals surface area (Å²) in [4.78, 5) is 11.1. The van der Waals surface area contributed by atoms with Crippen molar-refractivity contribution in [2.45, 2.75) is 6.92 Å². The summed E-state index contributed by atoms with van der Waals surface area (Å²) in [5.74, 6) is 0.0906. The van der Waals surface area contributed by atoms with Crippen LogP contribution in [0.1, 0.15) is 6.92 Å². The van der Waals surface area contributed by atoms with Gasteiger partial charge >= 0.3 is 6.01 Å². The van der Waals surface area contributed by atoms with Crippen LogP contribution < -0.4 is 16.2 Å². The second-order valence-electron chi connectivity index (χ2n) is 2.38. The topological polar surface area (TPSA) is 109 Å². The fraction of sp³-hybridized carbons (Fsp3) is 0.571. The Balaban J connectivity index is 2.42. The molecular weight excluding hydrogens is 186 g/mol. The maximum Gasteiger partial charge on any atom is 0.323 e. The van der Waals surface area contributed by atoms with Crippen molar-refractivity contribution in [3.63, 3.8) is 0 Å². The first kappa shape index (κ1) is 10.5. The summed E-state index contributed by atoms with van der Waals surface area (Å²) >= 11 is 0. The maximum absolute atomic E-state index is 5.34. The predicted octanol–water partition coefficient (Wildman–Crippen LogP) is -0.549. The van der Waals surface area contributed by atoms with Crippen LogP contribution in [-0.2, 0) is 4.74 Å². The molecule has 0 bridgehead atoms. The fourth-order valence-electron chi connectivity index (χ4n) is 0.789. The van der Waals surface area contributed by atoms with Crippen molar-refractivity contribution in [3.05, 3.63) is 0 Å². The smallest absolute Gasteiger partial charge is 0.323 e. The van der Waals surface area contributed by atoms with Crippen LogP contribution >= 0.6 is 0 Å². The van der Waals surface area contributed by atoms with Crippen molar-refractivity contribution in [1.82, 2.24) is 15.0 Å². The molecule has 0 aliphatic carbocycles. The number of hydrogen-bond donors (Lipinski definition) is 2. The van der Waals surface area contributed by atoms with Crippen LogP contribution in [0.3, 0.4) is 0 Å². The highest BCUT2D eigenvalue weighted by atomic mass is 16.5. The largest absolute Gasteiger partial charge is 0.461 e. The molecule has 1 rings (SSSR count). The summed E-state index contributed by atoms with van der Waals surface area (Å²) in [6.07, 6.45) is 0. The van der Waals surface area contributed by atoms with E-state index in [1.807, 2.05) is 6.92 Å². The molecule has 14 heavy (non-hydrogen) atoms. The number of nitrogen functional groups attached to an aromatic ring is 2. The van der Waals surface area contributed by atoms with Gasteiger partial charge in [0.2, 0.25) is 11.9 Å². The van der Waals surface area contributed by atoms with E-state index in [1.165, 1.54) is 0 Å². The summed E-state index contributed by atoms with van der Waals surface area (Å²) in [7, 11) is 0. The molecule has 1 heterocycles. The number of aromatic nitrogens is 3. The third-order valence-corrected chi connectivity index (χ3v) is 1.31. The zero-order valence-electron chi connectivity index (χ0n) is 7.93. The Kier molecular flexibility index (Phi) is 3.86. The number of hydrogen-bond acceptors (Lipinski definition) is 7. The first-order chi connectivity index (χ1) is 6.72. The van der Waals surface area contributed by atoms with Gasteiger partial charge in [0, 0.05) is 6.61 Å². The second kappa shape index (κ2) is 5.18. The quantitative estimate of drug-likeness (QED) is 0.612. The lowest BCUT2D eigenvalue weighted by molar-refractivity contribution is 0.106. The number of rotatable bonds is 5. The summed E-state index contributed by atoms with van der Waals surface area (Å²) in [6.45, 7) is 3.38. The summed E-state index contributed by atoms with van der Waals surface area (Å²) in [6, 6.07) is 0.120. The van der Waals surface area contributed by atoms with E-state index in [0.29, 0.717) is 19.8 Å². The Morgan fingerprint density at radius 1 is 1.07 bits per heavy atom. The van der Waals surface area contributed by atoms with Crippen molar-refractivity contribution >= 4 is 11.9 Å². The van der Waals surface area contributed by atoms with E-state index in [-0.39, 0.29) is 17.9 Å². The molecule has 1 aromatic rings. The van der Waals surface area contributed by atoms with Crippen LogP contribution in [0.15, 0.2) is 0 Å². The SMILES string of the molecule is CCOCCOc1nc(N)nc(N)n1. The Morgan fingerprint density at radius 3 is 2.29 bits per heavy atom. The molecule has 0 amide bonds. The summed E-state index contributed by atoms with van der Waals surface area (Å²) in [5.41, 5.74) is 10.7. The van der Waals surface area contributed by atoms with E-state index in [0.717, 1.165) is 0 Å². The lowest BCUT2D eigenvalue weighted by atomic mass is 10.7. The number of nitrogens with zero attached hydrogens (tertiary/aromatic N) is 3. The van der Waals surface area contributed by atoms with Crippen LogP contribution in [0.5, 0.6) is 6.01 Å². The van der Waals surface area contributed by atoms with Crippen LogP contribution in [0, 0.1) is 0 Å². The van der Waals surface area contributed by atoms with Gasteiger partial charge in [0.1, 0.15) is 6.61 Å². The van der Waals surface area contributed by atoms with Gasteiger partial charge in [-0.2, -0.15) is 15.0 Å². The van der Waals surface area contributed by atoms with Gasteiger partial charge in [0.05, 0.1) is 6.61 Å². The molecule has 0 aromatic carbocycles. The Morgan fingerprint density at radius 2 is 1.71 bits per heavy atom. The van der Waals surface area contributed by atoms with Gasteiger partial charge in [-0.05, 0) is 6.92 Å². The Bertz CT molecular complexity index is 273. The molecule has 0 atom stereocenters. The Hall–Kier alpha value is -1.63. The first-order valence-corrected chi connectivity index (χ1v) is 4.20. The zero-order valence-corrected chi connectivity index (χ0v) is 7.93. The molecule has 0 spiro atoms. The van der Waals surface area contributed by atoms with Gasteiger partial charge < -0.3 is 20.9 Å². The summed E-state index contributed by atoms with van der Waals surface area (Å²) in [5, 5.41) is 0. The van der Waals surface area contributed by atoms with Crippen LogP contribution in [0.2, 0.25) is 0 Å². The minimum absolute atomic E-state index is 0.0453. The van der Waals surface area contributed by atoms with E-state index in [2.05, 4.69) is 15.0 Å². The van der Waals surface area contributed by atoms with E-state index < -0.39 is 0 Å². The third-order valence-electron chi connectivity index (χ3n) is 1.31. The maximum atomic E-state index is 5.34. The molecule has 7 nitrogen and oxygen atoms in total. The molecule has 7 heteroatoms. The van der Waals surface area contributed by atoms with Crippen LogP contribution in [-0.4, -0.2) is 34.8 Å². The van der Waals surface area contributed by atoms with Crippen molar-refractivity contribution in [3.8, 4) is 6.01 Å². The molecular formula is C7H13N5O2. The van der Waals surface area contributed by atoms with Crippen LogP contribution in [0.4, 0.5) is 11.9 Å². The zero-order chi connectivity index (χ0) is 10.4. The van der Waals surface area contributed by atoms with Crippen molar-refractivity contribution in [2.75, 3.05) is 31.3 Å². The van der Waals surface area contributed by atoms with Crippen molar-refractivity contribution < 1.29 is 9.47 Å². The van der Waals surface area contributed by atoms with E-state index >= 15 is 0 Å². The molecule has 0 saturated carbocycles. The average Bonchev–Trinajstić information content (AvgIpc) is 2.11. The number of nitrogens with two attached hydrogens (primary N) is 2. The lowest BCUT2D eigenvalue weighted by Crippen LogP contribution is -2.11. The number of anilines is 2.